The van der Waals surface area contributed by atoms with Crippen molar-refractivity contribution in [2.75, 3.05) is 0 Å². The summed E-state index contributed by atoms with van der Waals surface area (Å²) in [4.78, 5) is 16.5. The largest absolute Gasteiger partial charge is 0.339 e. The molecule has 0 bridgehead atoms. The number of carbonyl (C=O) groups is 1. The average Bonchev–Trinajstić information content (AvgIpc) is 2.97. The van der Waals surface area contributed by atoms with Crippen LogP contribution >= 0.6 is 0 Å². The number of Topliss-reactive ketones (excluding diaryl/α,β-unsaturated/α-hetero) is 1. The predicted octanol–water partition coefficient (Wildman–Crippen LogP) is 3.79. The van der Waals surface area contributed by atoms with Crippen molar-refractivity contribution in [1.29, 1.82) is 0 Å². The molecule has 0 aliphatic heterocycles. The zero-order valence-corrected chi connectivity index (χ0v) is 12.3. The summed E-state index contributed by atoms with van der Waals surface area (Å²) in [6, 6.07) is 9.22. The minimum Gasteiger partial charge on any atom is -0.339 e. The van der Waals surface area contributed by atoms with Crippen molar-refractivity contribution in [2.45, 2.75) is 44.9 Å². The van der Waals surface area contributed by atoms with Gasteiger partial charge < -0.3 is 4.52 Å². The first kappa shape index (κ1) is 14.0. The van der Waals surface area contributed by atoms with E-state index < -0.39 is 0 Å². The van der Waals surface area contributed by atoms with Crippen molar-refractivity contribution >= 4 is 5.78 Å². The number of nitrogens with zero attached hydrogens (tertiary/aromatic N) is 2. The van der Waals surface area contributed by atoms with Crippen LogP contribution in [0.15, 0.2) is 34.9 Å². The molecule has 4 heteroatoms. The van der Waals surface area contributed by atoms with Crippen LogP contribution in [-0.4, -0.2) is 15.9 Å². The first-order chi connectivity index (χ1) is 10.2. The number of carbonyl (C=O) groups excluding carboxylic acids is 1. The summed E-state index contributed by atoms with van der Waals surface area (Å²) in [7, 11) is 0. The quantitative estimate of drug-likeness (QED) is 0.801. The smallest absolute Gasteiger partial charge is 0.234 e. The second-order valence-electron chi connectivity index (χ2n) is 5.97. The van der Waals surface area contributed by atoms with Crippen LogP contribution in [0.25, 0.3) is 0 Å². The van der Waals surface area contributed by atoms with Gasteiger partial charge in [0, 0.05) is 11.5 Å². The molecule has 0 saturated heterocycles. The van der Waals surface area contributed by atoms with Crippen molar-refractivity contribution < 1.29 is 9.32 Å². The Morgan fingerprint density at radius 3 is 2.62 bits per heavy atom. The lowest BCUT2D eigenvalue weighted by molar-refractivity contribution is 0.0983. The Morgan fingerprint density at radius 2 is 1.90 bits per heavy atom. The number of aromatic nitrogens is 2. The van der Waals surface area contributed by atoms with Crippen LogP contribution in [-0.2, 0) is 6.42 Å². The van der Waals surface area contributed by atoms with Gasteiger partial charge in [-0.05, 0) is 18.8 Å². The van der Waals surface area contributed by atoms with Crippen LogP contribution in [0.3, 0.4) is 0 Å². The molecular weight excluding hydrogens is 264 g/mol. The van der Waals surface area contributed by atoms with Crippen LogP contribution in [0, 0.1) is 5.92 Å². The zero-order valence-electron chi connectivity index (χ0n) is 12.3. The second-order valence-corrected chi connectivity index (χ2v) is 5.97. The molecule has 1 aromatic carbocycles. The van der Waals surface area contributed by atoms with Crippen LogP contribution in [0.5, 0.6) is 0 Å². The summed E-state index contributed by atoms with van der Waals surface area (Å²) in [5.41, 5.74) is 0.684. The molecule has 2 aromatic rings. The van der Waals surface area contributed by atoms with E-state index >= 15 is 0 Å². The lowest BCUT2D eigenvalue weighted by Gasteiger charge is -2.23. The van der Waals surface area contributed by atoms with Gasteiger partial charge in [-0.25, -0.2) is 0 Å². The molecule has 1 aliphatic rings. The monoisotopic (exact) mass is 284 g/mol. The highest BCUT2D eigenvalue weighted by Gasteiger charge is 2.24. The Kier molecular flexibility index (Phi) is 4.13. The maximum absolute atomic E-state index is 12.1. The van der Waals surface area contributed by atoms with E-state index in [9.17, 15) is 4.79 Å². The van der Waals surface area contributed by atoms with Gasteiger partial charge in [0.25, 0.3) is 0 Å². The Labute approximate surface area is 124 Å². The first-order valence-corrected chi connectivity index (χ1v) is 7.63. The molecule has 1 heterocycles. The van der Waals surface area contributed by atoms with Gasteiger partial charge in [0.15, 0.2) is 11.6 Å². The minimum absolute atomic E-state index is 0.0167. The topological polar surface area (TPSA) is 56.0 Å². The molecule has 1 aromatic heterocycles. The molecule has 0 amide bonds. The van der Waals surface area contributed by atoms with E-state index in [0.717, 1.165) is 24.6 Å². The summed E-state index contributed by atoms with van der Waals surface area (Å²) in [5.74, 6) is 2.41. The molecule has 0 spiro atoms. The molecule has 0 N–H and O–H groups in total. The van der Waals surface area contributed by atoms with Gasteiger partial charge in [-0.2, -0.15) is 4.98 Å². The van der Waals surface area contributed by atoms with Crippen LogP contribution in [0.2, 0.25) is 0 Å². The lowest BCUT2D eigenvalue weighted by Crippen LogP contribution is -2.12. The first-order valence-electron chi connectivity index (χ1n) is 7.63. The van der Waals surface area contributed by atoms with Crippen molar-refractivity contribution in [1.82, 2.24) is 10.1 Å². The van der Waals surface area contributed by atoms with E-state index in [1.165, 1.54) is 12.8 Å². The summed E-state index contributed by atoms with van der Waals surface area (Å²) >= 11 is 0. The van der Waals surface area contributed by atoms with Gasteiger partial charge >= 0.3 is 0 Å². The Morgan fingerprint density at radius 1 is 1.19 bits per heavy atom. The van der Waals surface area contributed by atoms with E-state index in [4.69, 9.17) is 4.52 Å². The molecule has 110 valence electrons. The zero-order chi connectivity index (χ0) is 14.7. The Balaban J connectivity index is 1.64. The minimum atomic E-state index is 0.0167. The molecule has 1 fully saturated rings. The van der Waals surface area contributed by atoms with E-state index in [2.05, 4.69) is 17.1 Å². The summed E-state index contributed by atoms with van der Waals surface area (Å²) in [5, 5.41) is 4.07. The van der Waals surface area contributed by atoms with Gasteiger partial charge in [0.1, 0.15) is 0 Å². The molecular formula is C17H20N2O2. The fourth-order valence-corrected chi connectivity index (χ4v) is 2.89. The summed E-state index contributed by atoms with van der Waals surface area (Å²) < 4.78 is 5.25. The van der Waals surface area contributed by atoms with Gasteiger partial charge in [-0.15, -0.1) is 0 Å². The summed E-state index contributed by atoms with van der Waals surface area (Å²) in [6.45, 7) is 2.29. The van der Waals surface area contributed by atoms with Crippen LogP contribution in [0.1, 0.15) is 60.6 Å². The second kappa shape index (κ2) is 6.20. The van der Waals surface area contributed by atoms with E-state index in [1.54, 1.807) is 0 Å². The van der Waals surface area contributed by atoms with Crippen molar-refractivity contribution in [2.24, 2.45) is 5.92 Å². The van der Waals surface area contributed by atoms with Crippen LogP contribution < -0.4 is 0 Å². The third-order valence-electron chi connectivity index (χ3n) is 4.27. The molecule has 4 nitrogen and oxygen atoms in total. The highest BCUT2D eigenvalue weighted by molar-refractivity contribution is 5.96. The molecule has 1 aliphatic carbocycles. The van der Waals surface area contributed by atoms with Crippen molar-refractivity contribution in [3.05, 3.63) is 47.6 Å². The van der Waals surface area contributed by atoms with E-state index in [1.807, 2.05) is 30.3 Å². The van der Waals surface area contributed by atoms with E-state index in [0.29, 0.717) is 17.4 Å². The SMILES string of the molecule is CC1CCC(c2noc(CC(=O)c3ccccc3)n2)CC1. The predicted molar refractivity (Wildman–Crippen MR) is 79.1 cm³/mol. The third kappa shape index (κ3) is 3.38. The maximum atomic E-state index is 12.1. The van der Waals surface area contributed by atoms with Gasteiger partial charge in [0.2, 0.25) is 5.89 Å². The molecule has 21 heavy (non-hydrogen) atoms. The molecule has 1 saturated carbocycles. The fraction of sp³-hybridized carbons (Fsp3) is 0.471. The highest BCUT2D eigenvalue weighted by atomic mass is 16.5. The Hall–Kier alpha value is -1.97. The molecule has 0 atom stereocenters. The van der Waals surface area contributed by atoms with Crippen LogP contribution in [0.4, 0.5) is 0 Å². The molecule has 3 rings (SSSR count). The third-order valence-corrected chi connectivity index (χ3v) is 4.27. The normalized spacial score (nSPS) is 22.1. The highest BCUT2D eigenvalue weighted by Crippen LogP contribution is 2.34. The van der Waals surface area contributed by atoms with Crippen molar-refractivity contribution in [3.8, 4) is 0 Å². The number of hydrogen-bond acceptors (Lipinski definition) is 4. The number of rotatable bonds is 4. The number of hydrogen-bond donors (Lipinski definition) is 0. The summed E-state index contributed by atoms with van der Waals surface area (Å²) in [6.07, 6.45) is 4.86. The number of ketones is 1. The molecule has 0 radical (unpaired) electrons. The fourth-order valence-electron chi connectivity index (χ4n) is 2.89. The standard InChI is InChI=1S/C17H20N2O2/c1-12-7-9-14(10-8-12)17-18-16(21-19-17)11-15(20)13-5-3-2-4-6-13/h2-6,12,14H,7-11H2,1H3. The van der Waals surface area contributed by atoms with Gasteiger partial charge in [-0.1, -0.05) is 55.3 Å². The lowest BCUT2D eigenvalue weighted by atomic mass is 9.83. The number of benzene rings is 1. The Bertz CT molecular complexity index is 598. The van der Waals surface area contributed by atoms with E-state index in [-0.39, 0.29) is 12.2 Å². The van der Waals surface area contributed by atoms with Gasteiger partial charge in [-0.3, -0.25) is 4.79 Å². The molecule has 0 unspecified atom stereocenters. The average molecular weight is 284 g/mol. The van der Waals surface area contributed by atoms with Crippen molar-refractivity contribution in [3.63, 3.8) is 0 Å². The van der Waals surface area contributed by atoms with Gasteiger partial charge in [0.05, 0.1) is 6.42 Å². The maximum Gasteiger partial charge on any atom is 0.234 e.